The van der Waals surface area contributed by atoms with E-state index >= 15 is 0 Å². The highest BCUT2D eigenvalue weighted by atomic mass is 16.5. The summed E-state index contributed by atoms with van der Waals surface area (Å²) in [7, 11) is 0. The largest absolute Gasteiger partial charge is 0.473 e. The first-order chi connectivity index (χ1) is 11.2. The van der Waals surface area contributed by atoms with E-state index in [4.69, 9.17) is 4.74 Å². The van der Waals surface area contributed by atoms with Gasteiger partial charge in [0.2, 0.25) is 5.88 Å². The van der Waals surface area contributed by atoms with Gasteiger partial charge in [0.05, 0.1) is 0 Å². The predicted octanol–water partition coefficient (Wildman–Crippen LogP) is 4.59. The van der Waals surface area contributed by atoms with Crippen molar-refractivity contribution in [2.75, 3.05) is 0 Å². The van der Waals surface area contributed by atoms with Crippen LogP contribution in [0.3, 0.4) is 0 Å². The molecule has 0 N–H and O–H groups in total. The van der Waals surface area contributed by atoms with E-state index < -0.39 is 0 Å². The second-order valence-electron chi connectivity index (χ2n) is 5.51. The predicted molar refractivity (Wildman–Crippen MR) is 92.4 cm³/mol. The summed E-state index contributed by atoms with van der Waals surface area (Å²) >= 11 is 0. The van der Waals surface area contributed by atoms with Crippen LogP contribution in [0.4, 0.5) is 0 Å². The summed E-state index contributed by atoms with van der Waals surface area (Å²) in [5.74, 6) is 1.33. The summed E-state index contributed by atoms with van der Waals surface area (Å²) in [5.41, 5.74) is 4.37. The highest BCUT2D eigenvalue weighted by Gasteiger charge is 2.07. The van der Waals surface area contributed by atoms with E-state index in [1.807, 2.05) is 36.4 Å². The number of hydrogen-bond acceptors (Lipinski definition) is 3. The molecule has 1 aromatic heterocycles. The number of aromatic nitrogens is 2. The zero-order chi connectivity index (χ0) is 16.1. The smallest absolute Gasteiger partial charge is 0.217 e. The normalized spacial score (nSPS) is 10.5. The highest BCUT2D eigenvalue weighted by molar-refractivity contribution is 5.55. The molecule has 0 fully saturated rings. The number of ether oxygens (including phenoxy) is 1. The van der Waals surface area contributed by atoms with Gasteiger partial charge in [-0.05, 0) is 18.9 Å². The van der Waals surface area contributed by atoms with Crippen molar-refractivity contribution in [3.05, 3.63) is 77.5 Å². The Morgan fingerprint density at radius 2 is 1.65 bits per heavy atom. The van der Waals surface area contributed by atoms with Crippen LogP contribution in [-0.4, -0.2) is 9.97 Å². The molecule has 23 heavy (non-hydrogen) atoms. The van der Waals surface area contributed by atoms with E-state index in [0.717, 1.165) is 23.2 Å². The zero-order valence-electron chi connectivity index (χ0n) is 13.5. The van der Waals surface area contributed by atoms with Crippen molar-refractivity contribution >= 4 is 0 Å². The molecule has 0 spiro atoms. The second kappa shape index (κ2) is 7.05. The number of hydrogen-bond donors (Lipinski definition) is 0. The maximum Gasteiger partial charge on any atom is 0.217 e. The molecular formula is C20H20N2O. The molecule has 0 atom stereocenters. The first-order valence-corrected chi connectivity index (χ1v) is 7.86. The first kappa shape index (κ1) is 15.2. The van der Waals surface area contributed by atoms with Gasteiger partial charge in [-0.25, -0.2) is 4.98 Å². The molecule has 0 aliphatic carbocycles. The molecule has 0 saturated carbocycles. The molecule has 0 saturated heterocycles. The van der Waals surface area contributed by atoms with E-state index in [9.17, 15) is 0 Å². The molecule has 3 rings (SSSR count). The van der Waals surface area contributed by atoms with Crippen LogP contribution in [0.25, 0.3) is 11.4 Å². The highest BCUT2D eigenvalue weighted by Crippen LogP contribution is 2.20. The Balaban J connectivity index is 1.82. The Morgan fingerprint density at radius 1 is 0.913 bits per heavy atom. The standard InChI is InChI=1S/C20H20N2O/c1-3-18-13-19(23-14-16-11-9-15(2)10-12-16)22-20(21-18)17-7-5-4-6-8-17/h4-13H,3,14H2,1-2H3. The molecule has 3 heteroatoms. The maximum absolute atomic E-state index is 5.89. The molecule has 0 radical (unpaired) electrons. The molecule has 3 aromatic rings. The van der Waals surface area contributed by atoms with Crippen molar-refractivity contribution in [3.8, 4) is 17.3 Å². The number of nitrogens with zero attached hydrogens (tertiary/aromatic N) is 2. The third-order valence-corrected chi connectivity index (χ3v) is 3.66. The molecule has 0 unspecified atom stereocenters. The Labute approximate surface area is 137 Å². The average molecular weight is 304 g/mol. The third kappa shape index (κ3) is 3.95. The Kier molecular flexibility index (Phi) is 4.67. The minimum Gasteiger partial charge on any atom is -0.473 e. The monoisotopic (exact) mass is 304 g/mol. The van der Waals surface area contributed by atoms with E-state index in [2.05, 4.69) is 48.1 Å². The van der Waals surface area contributed by atoms with Gasteiger partial charge in [-0.3, -0.25) is 0 Å². The SMILES string of the molecule is CCc1cc(OCc2ccc(C)cc2)nc(-c2ccccc2)n1. The lowest BCUT2D eigenvalue weighted by molar-refractivity contribution is 0.293. The molecule has 0 aliphatic heterocycles. The van der Waals surface area contributed by atoms with Crippen LogP contribution in [0, 0.1) is 6.92 Å². The molecule has 0 aliphatic rings. The van der Waals surface area contributed by atoms with E-state index in [-0.39, 0.29) is 0 Å². The van der Waals surface area contributed by atoms with Crippen molar-refractivity contribution in [2.24, 2.45) is 0 Å². The van der Waals surface area contributed by atoms with Gasteiger partial charge >= 0.3 is 0 Å². The molecule has 0 bridgehead atoms. The van der Waals surface area contributed by atoms with Crippen molar-refractivity contribution in [3.63, 3.8) is 0 Å². The fourth-order valence-electron chi connectivity index (χ4n) is 2.29. The Bertz CT molecular complexity index is 767. The topological polar surface area (TPSA) is 35.0 Å². The minimum atomic E-state index is 0.509. The summed E-state index contributed by atoms with van der Waals surface area (Å²) < 4.78 is 5.89. The third-order valence-electron chi connectivity index (χ3n) is 3.66. The average Bonchev–Trinajstić information content (AvgIpc) is 2.61. The van der Waals surface area contributed by atoms with Crippen molar-refractivity contribution < 1.29 is 4.74 Å². The number of rotatable bonds is 5. The van der Waals surface area contributed by atoms with Gasteiger partial charge in [-0.1, -0.05) is 67.1 Å². The molecule has 3 nitrogen and oxygen atoms in total. The molecule has 0 amide bonds. The fraction of sp³-hybridized carbons (Fsp3) is 0.200. The summed E-state index contributed by atoms with van der Waals surface area (Å²) in [4.78, 5) is 9.15. The van der Waals surface area contributed by atoms with Crippen molar-refractivity contribution in [2.45, 2.75) is 26.9 Å². The van der Waals surface area contributed by atoms with Crippen LogP contribution in [0.15, 0.2) is 60.7 Å². The summed E-state index contributed by atoms with van der Waals surface area (Å²) in [6, 6.07) is 20.2. The van der Waals surface area contributed by atoms with E-state index in [1.54, 1.807) is 0 Å². The van der Waals surface area contributed by atoms with E-state index in [0.29, 0.717) is 18.3 Å². The van der Waals surface area contributed by atoms with Crippen LogP contribution in [0.1, 0.15) is 23.7 Å². The van der Waals surface area contributed by atoms with Crippen molar-refractivity contribution in [1.29, 1.82) is 0 Å². The van der Waals surface area contributed by atoms with Gasteiger partial charge in [-0.2, -0.15) is 4.98 Å². The van der Waals surface area contributed by atoms with Gasteiger partial charge in [0.1, 0.15) is 6.61 Å². The van der Waals surface area contributed by atoms with Gasteiger partial charge in [-0.15, -0.1) is 0 Å². The Hall–Kier alpha value is -2.68. The summed E-state index contributed by atoms with van der Waals surface area (Å²) in [6.07, 6.45) is 0.850. The van der Waals surface area contributed by atoms with Gasteiger partial charge in [0, 0.05) is 17.3 Å². The molecular weight excluding hydrogens is 284 g/mol. The van der Waals surface area contributed by atoms with E-state index in [1.165, 1.54) is 5.56 Å². The lowest BCUT2D eigenvalue weighted by atomic mass is 10.2. The van der Waals surface area contributed by atoms with Crippen LogP contribution in [0.5, 0.6) is 5.88 Å². The van der Waals surface area contributed by atoms with Crippen LogP contribution < -0.4 is 4.74 Å². The second-order valence-corrected chi connectivity index (χ2v) is 5.51. The van der Waals surface area contributed by atoms with Crippen LogP contribution >= 0.6 is 0 Å². The lowest BCUT2D eigenvalue weighted by Crippen LogP contribution is -2.01. The quantitative estimate of drug-likeness (QED) is 0.691. The Morgan fingerprint density at radius 3 is 2.35 bits per heavy atom. The zero-order valence-corrected chi connectivity index (χ0v) is 13.5. The molecule has 1 heterocycles. The summed E-state index contributed by atoms with van der Waals surface area (Å²) in [5, 5.41) is 0. The number of aryl methyl sites for hydroxylation is 2. The lowest BCUT2D eigenvalue weighted by Gasteiger charge is -2.09. The van der Waals surface area contributed by atoms with Crippen molar-refractivity contribution in [1.82, 2.24) is 9.97 Å². The molecule has 2 aromatic carbocycles. The number of benzene rings is 2. The fourth-order valence-corrected chi connectivity index (χ4v) is 2.29. The maximum atomic E-state index is 5.89. The minimum absolute atomic E-state index is 0.509. The van der Waals surface area contributed by atoms with Crippen LogP contribution in [0.2, 0.25) is 0 Å². The van der Waals surface area contributed by atoms with Gasteiger partial charge < -0.3 is 4.74 Å². The van der Waals surface area contributed by atoms with Crippen LogP contribution in [-0.2, 0) is 13.0 Å². The van der Waals surface area contributed by atoms with Gasteiger partial charge in [0.25, 0.3) is 0 Å². The first-order valence-electron chi connectivity index (χ1n) is 7.86. The summed E-state index contributed by atoms with van der Waals surface area (Å²) in [6.45, 7) is 4.67. The van der Waals surface area contributed by atoms with Gasteiger partial charge in [0.15, 0.2) is 5.82 Å². The molecule has 116 valence electrons.